The van der Waals surface area contributed by atoms with Crippen molar-refractivity contribution in [3.05, 3.63) is 28.0 Å². The first-order valence-electron chi connectivity index (χ1n) is 3.43. The van der Waals surface area contributed by atoms with Gasteiger partial charge in [0.2, 0.25) is 10.8 Å². The second-order valence-electron chi connectivity index (χ2n) is 2.56. The van der Waals surface area contributed by atoms with E-state index in [0.29, 0.717) is 10.2 Å². The highest BCUT2D eigenvalue weighted by Gasteiger charge is 2.32. The van der Waals surface area contributed by atoms with Crippen molar-refractivity contribution in [2.45, 2.75) is 5.01 Å². The van der Waals surface area contributed by atoms with Gasteiger partial charge in [-0.2, -0.15) is 0 Å². The van der Waals surface area contributed by atoms with Crippen LogP contribution in [0.25, 0.3) is 0 Å². The van der Waals surface area contributed by atoms with Gasteiger partial charge in [0.25, 0.3) is 0 Å². The molecule has 13 heavy (non-hydrogen) atoms. The Hall–Kier alpha value is -0.420. The van der Waals surface area contributed by atoms with Gasteiger partial charge in [0.05, 0.1) is 10.0 Å². The predicted molar refractivity (Wildman–Crippen MR) is 51.8 cm³/mol. The smallest absolute Gasteiger partial charge is 0.218 e. The van der Waals surface area contributed by atoms with E-state index in [4.69, 9.17) is 4.74 Å². The number of halogens is 3. The monoisotopic (exact) mass is 308 g/mol. The van der Waals surface area contributed by atoms with Crippen LogP contribution in [-0.4, -0.2) is 10.8 Å². The summed E-state index contributed by atoms with van der Waals surface area (Å²) in [4.78, 5) is 11.3. The molecule has 0 saturated carbocycles. The summed E-state index contributed by atoms with van der Waals surface area (Å²) >= 11 is 6.14. The Morgan fingerprint density at radius 1 is 1.46 bits per heavy atom. The number of alkyl halides is 1. The van der Waals surface area contributed by atoms with Crippen LogP contribution >= 0.6 is 31.9 Å². The molecular formula is C8H3Br2FO2. The zero-order chi connectivity index (χ0) is 9.59. The van der Waals surface area contributed by atoms with Crippen molar-refractivity contribution >= 4 is 37.6 Å². The summed E-state index contributed by atoms with van der Waals surface area (Å²) in [6.07, 6.45) is 0. The van der Waals surface area contributed by atoms with E-state index in [2.05, 4.69) is 31.9 Å². The zero-order valence-electron chi connectivity index (χ0n) is 6.18. The largest absolute Gasteiger partial charge is 0.469 e. The average Bonchev–Trinajstić information content (AvgIpc) is 2.32. The molecule has 68 valence electrons. The zero-order valence-corrected chi connectivity index (χ0v) is 9.35. The number of rotatable bonds is 0. The molecule has 0 spiro atoms. The van der Waals surface area contributed by atoms with Gasteiger partial charge < -0.3 is 4.74 Å². The van der Waals surface area contributed by atoms with E-state index in [9.17, 15) is 9.18 Å². The molecule has 0 radical (unpaired) electrons. The van der Waals surface area contributed by atoms with E-state index in [1.807, 2.05) is 0 Å². The molecule has 0 bridgehead atoms. The Labute approximate surface area is 90.3 Å². The van der Waals surface area contributed by atoms with Gasteiger partial charge in [0, 0.05) is 0 Å². The maximum atomic E-state index is 12.9. The van der Waals surface area contributed by atoms with Crippen molar-refractivity contribution in [3.8, 4) is 5.75 Å². The molecule has 5 heteroatoms. The maximum absolute atomic E-state index is 12.9. The molecule has 1 aliphatic heterocycles. The standard InChI is InChI=1S/C8H3Br2FO2/c9-5-2-3(11)1-4-6(12)8(10)13-7(4)5/h1-2,8H. The molecule has 0 amide bonds. The first kappa shape index (κ1) is 9.15. The number of ketones is 1. The summed E-state index contributed by atoms with van der Waals surface area (Å²) in [6, 6.07) is 2.43. The van der Waals surface area contributed by atoms with Crippen molar-refractivity contribution in [2.24, 2.45) is 0 Å². The minimum absolute atomic E-state index is 0.254. The average molecular weight is 310 g/mol. The van der Waals surface area contributed by atoms with Gasteiger partial charge in [0.15, 0.2) is 0 Å². The quantitative estimate of drug-likeness (QED) is 0.689. The number of carbonyl (C=O) groups is 1. The Balaban J connectivity index is 2.64. The topological polar surface area (TPSA) is 26.3 Å². The highest BCUT2D eigenvalue weighted by atomic mass is 79.9. The van der Waals surface area contributed by atoms with E-state index in [0.717, 1.165) is 0 Å². The fraction of sp³-hybridized carbons (Fsp3) is 0.125. The Morgan fingerprint density at radius 3 is 2.85 bits per heavy atom. The number of Topliss-reactive ketones (excluding diaryl/α,β-unsaturated/α-hetero) is 1. The SMILES string of the molecule is O=C1c2cc(F)cc(Br)c2OC1Br. The Bertz CT molecular complexity index is 392. The van der Waals surface area contributed by atoms with Gasteiger partial charge in [-0.25, -0.2) is 4.39 Å². The lowest BCUT2D eigenvalue weighted by Crippen LogP contribution is -2.10. The third-order valence-electron chi connectivity index (χ3n) is 1.70. The normalized spacial score (nSPS) is 19.9. The summed E-state index contributed by atoms with van der Waals surface area (Å²) in [7, 11) is 0. The molecule has 0 aromatic heterocycles. The number of hydrogen-bond acceptors (Lipinski definition) is 2. The number of ether oxygens (including phenoxy) is 1. The van der Waals surface area contributed by atoms with Gasteiger partial charge in [-0.05, 0) is 44.0 Å². The lowest BCUT2D eigenvalue weighted by molar-refractivity contribution is 0.0941. The first-order valence-corrected chi connectivity index (χ1v) is 5.14. The van der Waals surface area contributed by atoms with Gasteiger partial charge in [0.1, 0.15) is 11.6 Å². The van der Waals surface area contributed by atoms with Crippen LogP contribution in [0.1, 0.15) is 10.4 Å². The molecule has 2 rings (SSSR count). The van der Waals surface area contributed by atoms with Gasteiger partial charge in [-0.15, -0.1) is 0 Å². The van der Waals surface area contributed by atoms with Crippen LogP contribution in [0.4, 0.5) is 4.39 Å². The van der Waals surface area contributed by atoms with E-state index in [1.54, 1.807) is 0 Å². The van der Waals surface area contributed by atoms with Crippen LogP contribution < -0.4 is 4.74 Å². The molecule has 0 aliphatic carbocycles. The minimum atomic E-state index is -0.694. The molecule has 1 heterocycles. The second kappa shape index (κ2) is 3.06. The number of fused-ring (bicyclic) bond motifs is 1. The van der Waals surface area contributed by atoms with Gasteiger partial charge >= 0.3 is 0 Å². The molecule has 1 aromatic carbocycles. The lowest BCUT2D eigenvalue weighted by atomic mass is 10.1. The predicted octanol–water partition coefficient (Wildman–Crippen LogP) is 2.88. The van der Waals surface area contributed by atoms with Crippen molar-refractivity contribution in [1.82, 2.24) is 0 Å². The van der Waals surface area contributed by atoms with Gasteiger partial charge in [-0.3, -0.25) is 4.79 Å². The van der Waals surface area contributed by atoms with E-state index >= 15 is 0 Å². The Kier molecular flexibility index (Phi) is 2.15. The number of hydrogen-bond donors (Lipinski definition) is 0. The van der Waals surface area contributed by atoms with E-state index in [-0.39, 0.29) is 11.3 Å². The lowest BCUT2D eigenvalue weighted by Gasteiger charge is -2.01. The maximum Gasteiger partial charge on any atom is 0.218 e. The van der Waals surface area contributed by atoms with Crippen LogP contribution in [0.15, 0.2) is 16.6 Å². The van der Waals surface area contributed by atoms with Crippen LogP contribution in [0.3, 0.4) is 0 Å². The van der Waals surface area contributed by atoms with Crippen LogP contribution in [-0.2, 0) is 0 Å². The molecule has 0 N–H and O–H groups in total. The molecule has 1 unspecified atom stereocenters. The van der Waals surface area contributed by atoms with E-state index < -0.39 is 10.8 Å². The summed E-state index contributed by atoms with van der Waals surface area (Å²) < 4.78 is 18.5. The minimum Gasteiger partial charge on any atom is -0.469 e. The second-order valence-corrected chi connectivity index (χ2v) is 4.25. The van der Waals surface area contributed by atoms with Crippen molar-refractivity contribution in [1.29, 1.82) is 0 Å². The third-order valence-corrected chi connectivity index (χ3v) is 2.89. The molecule has 1 aliphatic rings. The summed E-state index contributed by atoms with van der Waals surface area (Å²) in [5, 5.41) is -0.694. The van der Waals surface area contributed by atoms with Crippen LogP contribution in [0.2, 0.25) is 0 Å². The van der Waals surface area contributed by atoms with Crippen molar-refractivity contribution in [2.75, 3.05) is 0 Å². The van der Waals surface area contributed by atoms with E-state index in [1.165, 1.54) is 12.1 Å². The molecule has 1 aromatic rings. The highest BCUT2D eigenvalue weighted by Crippen LogP contribution is 2.38. The Morgan fingerprint density at radius 2 is 2.15 bits per heavy atom. The molecule has 1 atom stereocenters. The van der Waals surface area contributed by atoms with Crippen LogP contribution in [0, 0.1) is 5.82 Å². The van der Waals surface area contributed by atoms with Crippen molar-refractivity contribution in [3.63, 3.8) is 0 Å². The molecule has 2 nitrogen and oxygen atoms in total. The highest BCUT2D eigenvalue weighted by molar-refractivity contribution is 9.10. The summed E-state index contributed by atoms with van der Waals surface area (Å²) in [5.74, 6) is -0.312. The molecule has 0 saturated heterocycles. The molecule has 0 fully saturated rings. The first-order chi connectivity index (χ1) is 6.09. The third kappa shape index (κ3) is 1.40. The number of carbonyl (C=O) groups excluding carboxylic acids is 1. The fourth-order valence-electron chi connectivity index (χ4n) is 1.14. The molecular weight excluding hydrogens is 307 g/mol. The fourth-order valence-corrected chi connectivity index (χ4v) is 2.10. The van der Waals surface area contributed by atoms with Crippen LogP contribution in [0.5, 0.6) is 5.75 Å². The van der Waals surface area contributed by atoms with Crippen molar-refractivity contribution < 1.29 is 13.9 Å². The summed E-state index contributed by atoms with van der Waals surface area (Å²) in [6.45, 7) is 0. The summed E-state index contributed by atoms with van der Waals surface area (Å²) in [5.41, 5.74) is 0.272. The number of benzene rings is 1. The van der Waals surface area contributed by atoms with Gasteiger partial charge in [-0.1, -0.05) is 0 Å².